The number of hydrogen-bond acceptors (Lipinski definition) is 3. The highest BCUT2D eigenvalue weighted by molar-refractivity contribution is 6.06. The predicted octanol–water partition coefficient (Wildman–Crippen LogP) is 2.52. The van der Waals surface area contributed by atoms with Crippen LogP contribution >= 0.6 is 0 Å². The van der Waals surface area contributed by atoms with E-state index < -0.39 is 0 Å². The van der Waals surface area contributed by atoms with Crippen LogP contribution in [-0.4, -0.2) is 20.9 Å². The first-order valence-electron chi connectivity index (χ1n) is 5.89. The monoisotopic (exact) mass is 252 g/mol. The van der Waals surface area contributed by atoms with Crippen molar-refractivity contribution in [3.63, 3.8) is 0 Å². The third-order valence-electron chi connectivity index (χ3n) is 2.86. The number of anilines is 1. The van der Waals surface area contributed by atoms with Crippen LogP contribution in [0.2, 0.25) is 0 Å². The topological polar surface area (TPSA) is 70.7 Å². The molecule has 0 unspecified atom stereocenters. The summed E-state index contributed by atoms with van der Waals surface area (Å²) in [6, 6.07) is 7.48. The third-order valence-corrected chi connectivity index (χ3v) is 2.86. The van der Waals surface area contributed by atoms with Gasteiger partial charge < -0.3 is 10.3 Å². The Balaban J connectivity index is 1.84. The van der Waals surface area contributed by atoms with Gasteiger partial charge in [0, 0.05) is 17.3 Å². The molecule has 5 heteroatoms. The normalized spacial score (nSPS) is 10.6. The fourth-order valence-corrected chi connectivity index (χ4v) is 1.85. The van der Waals surface area contributed by atoms with Gasteiger partial charge in [-0.25, -0.2) is 9.97 Å². The maximum absolute atomic E-state index is 12.1. The number of nitrogens with zero attached hydrogens (tertiary/aromatic N) is 2. The first-order valence-corrected chi connectivity index (χ1v) is 5.89. The largest absolute Gasteiger partial charge is 0.361 e. The Morgan fingerprint density at radius 1 is 1.21 bits per heavy atom. The van der Waals surface area contributed by atoms with Crippen molar-refractivity contribution in [3.05, 3.63) is 54.2 Å². The number of nitrogens with one attached hydrogen (secondary N) is 2. The number of carbonyl (C=O) groups is 1. The van der Waals surface area contributed by atoms with Crippen LogP contribution in [0.15, 0.2) is 42.9 Å². The molecule has 94 valence electrons. The molecule has 3 aromatic rings. The summed E-state index contributed by atoms with van der Waals surface area (Å²) in [5, 5.41) is 3.84. The van der Waals surface area contributed by atoms with Crippen molar-refractivity contribution in [2.75, 3.05) is 5.32 Å². The highest BCUT2D eigenvalue weighted by Gasteiger charge is 2.07. The fourth-order valence-electron chi connectivity index (χ4n) is 1.85. The van der Waals surface area contributed by atoms with Gasteiger partial charge in [0.05, 0.1) is 18.1 Å². The van der Waals surface area contributed by atoms with Gasteiger partial charge in [-0.2, -0.15) is 0 Å². The van der Waals surface area contributed by atoms with E-state index in [0.29, 0.717) is 17.1 Å². The first kappa shape index (κ1) is 11.4. The molecule has 3 rings (SSSR count). The third kappa shape index (κ3) is 2.30. The number of rotatable bonds is 2. The van der Waals surface area contributed by atoms with Crippen LogP contribution in [0, 0.1) is 6.92 Å². The molecule has 0 radical (unpaired) electrons. The van der Waals surface area contributed by atoms with E-state index in [9.17, 15) is 4.79 Å². The number of aromatic amines is 1. The lowest BCUT2D eigenvalue weighted by Gasteiger charge is -2.04. The Bertz CT molecular complexity index is 731. The summed E-state index contributed by atoms with van der Waals surface area (Å²) in [6.07, 6.45) is 5.03. The van der Waals surface area contributed by atoms with Crippen molar-refractivity contribution < 1.29 is 4.79 Å². The zero-order valence-corrected chi connectivity index (χ0v) is 10.3. The van der Waals surface area contributed by atoms with E-state index in [1.807, 2.05) is 24.4 Å². The minimum atomic E-state index is -0.177. The fraction of sp³-hybridized carbons (Fsp3) is 0.0714. The number of benzene rings is 1. The molecule has 2 heterocycles. The van der Waals surface area contributed by atoms with Crippen LogP contribution in [0.1, 0.15) is 16.2 Å². The van der Waals surface area contributed by atoms with Crippen molar-refractivity contribution in [1.29, 1.82) is 0 Å². The average molecular weight is 252 g/mol. The van der Waals surface area contributed by atoms with Gasteiger partial charge in [-0.1, -0.05) is 6.07 Å². The van der Waals surface area contributed by atoms with Crippen molar-refractivity contribution in [2.24, 2.45) is 0 Å². The van der Waals surface area contributed by atoms with Crippen molar-refractivity contribution in [2.45, 2.75) is 6.92 Å². The Hall–Kier alpha value is -2.69. The Kier molecular flexibility index (Phi) is 2.72. The lowest BCUT2D eigenvalue weighted by molar-refractivity contribution is 0.102. The molecule has 5 nitrogen and oxygen atoms in total. The Labute approximate surface area is 109 Å². The highest BCUT2D eigenvalue weighted by atomic mass is 16.1. The molecule has 0 bridgehead atoms. The molecule has 0 saturated heterocycles. The van der Waals surface area contributed by atoms with E-state index in [4.69, 9.17) is 0 Å². The lowest BCUT2D eigenvalue weighted by Crippen LogP contribution is -2.12. The molecule has 19 heavy (non-hydrogen) atoms. The number of hydrogen-bond donors (Lipinski definition) is 2. The molecule has 0 atom stereocenters. The number of H-pyrrole nitrogens is 1. The number of amides is 1. The number of carbonyl (C=O) groups excluding carboxylic acids is 1. The summed E-state index contributed by atoms with van der Waals surface area (Å²) in [4.78, 5) is 23.2. The van der Waals surface area contributed by atoms with E-state index in [0.717, 1.165) is 10.9 Å². The quantitative estimate of drug-likeness (QED) is 0.736. The van der Waals surface area contributed by atoms with Crippen molar-refractivity contribution in [3.8, 4) is 0 Å². The first-order chi connectivity index (χ1) is 9.22. The van der Waals surface area contributed by atoms with Crippen LogP contribution in [0.3, 0.4) is 0 Å². The minimum Gasteiger partial charge on any atom is -0.361 e. The van der Waals surface area contributed by atoms with Crippen LogP contribution in [-0.2, 0) is 0 Å². The van der Waals surface area contributed by atoms with Gasteiger partial charge in [-0.05, 0) is 30.5 Å². The summed E-state index contributed by atoms with van der Waals surface area (Å²) < 4.78 is 0. The zero-order chi connectivity index (χ0) is 13.2. The van der Waals surface area contributed by atoms with Gasteiger partial charge in [0.2, 0.25) is 0 Å². The van der Waals surface area contributed by atoms with Gasteiger partial charge in [0.25, 0.3) is 5.91 Å². The molecule has 0 aliphatic heterocycles. The Morgan fingerprint density at radius 3 is 2.79 bits per heavy atom. The standard InChI is InChI=1S/C14H12N4O/c1-9-16-7-12(8-17-9)18-14(19)11-3-2-10-4-5-15-13(10)6-11/h2-8,15H,1H3,(H,18,19). The average Bonchev–Trinajstić information content (AvgIpc) is 2.88. The van der Waals surface area contributed by atoms with Gasteiger partial charge >= 0.3 is 0 Å². The van der Waals surface area contributed by atoms with Crippen molar-refractivity contribution >= 4 is 22.5 Å². The second-order valence-corrected chi connectivity index (χ2v) is 4.25. The highest BCUT2D eigenvalue weighted by Crippen LogP contribution is 2.15. The number of fused-ring (bicyclic) bond motifs is 1. The summed E-state index contributed by atoms with van der Waals surface area (Å²) >= 11 is 0. The van der Waals surface area contributed by atoms with Crippen molar-refractivity contribution in [1.82, 2.24) is 15.0 Å². The zero-order valence-electron chi connectivity index (χ0n) is 10.3. The maximum Gasteiger partial charge on any atom is 0.255 e. The molecule has 0 fully saturated rings. The molecule has 0 aliphatic carbocycles. The lowest BCUT2D eigenvalue weighted by atomic mass is 10.1. The molecule has 2 N–H and O–H groups in total. The smallest absolute Gasteiger partial charge is 0.255 e. The Morgan fingerprint density at radius 2 is 2.00 bits per heavy atom. The van der Waals surface area contributed by atoms with E-state index in [1.165, 1.54) is 0 Å². The van der Waals surface area contributed by atoms with E-state index in [-0.39, 0.29) is 5.91 Å². The van der Waals surface area contributed by atoms with Gasteiger partial charge in [-0.3, -0.25) is 4.79 Å². The second kappa shape index (κ2) is 4.53. The number of aryl methyl sites for hydroxylation is 1. The number of aromatic nitrogens is 3. The minimum absolute atomic E-state index is 0.177. The molecule has 1 aromatic carbocycles. The van der Waals surface area contributed by atoms with Gasteiger partial charge in [0.1, 0.15) is 5.82 Å². The summed E-state index contributed by atoms with van der Waals surface area (Å²) in [5.41, 5.74) is 2.12. The molecule has 0 aliphatic rings. The molecule has 1 amide bonds. The SMILES string of the molecule is Cc1ncc(NC(=O)c2ccc3cc[nH]c3c2)cn1. The van der Waals surface area contributed by atoms with E-state index in [2.05, 4.69) is 20.3 Å². The van der Waals surface area contributed by atoms with Gasteiger partial charge in [-0.15, -0.1) is 0 Å². The van der Waals surface area contributed by atoms with Gasteiger partial charge in [0.15, 0.2) is 0 Å². The van der Waals surface area contributed by atoms with E-state index >= 15 is 0 Å². The van der Waals surface area contributed by atoms with Crippen LogP contribution < -0.4 is 5.32 Å². The molecule has 2 aromatic heterocycles. The van der Waals surface area contributed by atoms with E-state index in [1.54, 1.807) is 25.4 Å². The molecular weight excluding hydrogens is 240 g/mol. The van der Waals surface area contributed by atoms with Crippen LogP contribution in [0.25, 0.3) is 10.9 Å². The molecule has 0 spiro atoms. The summed E-state index contributed by atoms with van der Waals surface area (Å²) in [7, 11) is 0. The van der Waals surface area contributed by atoms with Crippen LogP contribution in [0.5, 0.6) is 0 Å². The maximum atomic E-state index is 12.1. The summed E-state index contributed by atoms with van der Waals surface area (Å²) in [5.74, 6) is 0.495. The van der Waals surface area contributed by atoms with Crippen LogP contribution in [0.4, 0.5) is 5.69 Å². The second-order valence-electron chi connectivity index (χ2n) is 4.25. The molecular formula is C14H12N4O. The predicted molar refractivity (Wildman–Crippen MR) is 73.0 cm³/mol. The summed E-state index contributed by atoms with van der Waals surface area (Å²) in [6.45, 7) is 1.80. The molecule has 0 saturated carbocycles.